The molecule has 1 rings (SSSR count). The maximum Gasteiger partial charge on any atom is 0.348 e. The van der Waals surface area contributed by atoms with Gasteiger partial charge in [0, 0.05) is 12.3 Å². The van der Waals surface area contributed by atoms with Crippen LogP contribution in [0, 0.1) is 5.92 Å². The number of carboxylic acid groups (broad SMARTS) is 1. The zero-order valence-electron chi connectivity index (χ0n) is 7.45. The van der Waals surface area contributed by atoms with Crippen LogP contribution < -0.4 is 5.73 Å². The van der Waals surface area contributed by atoms with E-state index in [4.69, 9.17) is 15.6 Å². The van der Waals surface area contributed by atoms with E-state index in [2.05, 4.69) is 0 Å². The van der Waals surface area contributed by atoms with Gasteiger partial charge in [0.05, 0.1) is 6.54 Å². The van der Waals surface area contributed by atoms with Crippen LogP contribution in [0.4, 0.5) is 0 Å². The molecule has 2 atom stereocenters. The molecule has 1 saturated carbocycles. The van der Waals surface area contributed by atoms with Crippen LogP contribution in [-0.2, 0) is 14.3 Å². The highest BCUT2D eigenvalue weighted by Crippen LogP contribution is 2.49. The van der Waals surface area contributed by atoms with E-state index in [-0.39, 0.29) is 12.5 Å². The summed E-state index contributed by atoms with van der Waals surface area (Å²) in [5, 5.41) is 8.83. The first-order valence-electron chi connectivity index (χ1n) is 4.22. The summed E-state index contributed by atoms with van der Waals surface area (Å²) in [6, 6.07) is 0. The lowest BCUT2D eigenvalue weighted by molar-refractivity contribution is -0.167. The summed E-state index contributed by atoms with van der Waals surface area (Å²) in [4.78, 5) is 21.6. The fourth-order valence-electron chi connectivity index (χ4n) is 1.46. The molecule has 0 aliphatic heterocycles. The Morgan fingerprint density at radius 3 is 2.62 bits per heavy atom. The van der Waals surface area contributed by atoms with Crippen molar-refractivity contribution in [1.82, 2.24) is 0 Å². The van der Waals surface area contributed by atoms with Crippen molar-refractivity contribution < 1.29 is 19.4 Å². The van der Waals surface area contributed by atoms with Crippen LogP contribution in [-0.4, -0.2) is 29.2 Å². The number of esters is 1. The van der Waals surface area contributed by atoms with Gasteiger partial charge in [0.1, 0.15) is 0 Å². The van der Waals surface area contributed by atoms with Gasteiger partial charge >= 0.3 is 11.9 Å². The van der Waals surface area contributed by atoms with Crippen LogP contribution in [0.25, 0.3) is 0 Å². The largest absolute Gasteiger partial charge is 0.478 e. The predicted molar refractivity (Wildman–Crippen MR) is 43.9 cm³/mol. The van der Waals surface area contributed by atoms with Gasteiger partial charge in [-0.1, -0.05) is 6.92 Å². The van der Waals surface area contributed by atoms with Gasteiger partial charge in [-0.05, 0) is 6.42 Å². The minimum Gasteiger partial charge on any atom is -0.478 e. The van der Waals surface area contributed by atoms with E-state index in [1.54, 1.807) is 0 Å². The molecule has 0 aromatic rings. The molecule has 0 heterocycles. The number of carbonyl (C=O) groups is 2. The Labute approximate surface area is 75.9 Å². The van der Waals surface area contributed by atoms with Crippen LogP contribution >= 0.6 is 0 Å². The average molecular weight is 187 g/mol. The first-order valence-corrected chi connectivity index (χ1v) is 4.22. The third-order valence-corrected chi connectivity index (χ3v) is 2.37. The Morgan fingerprint density at radius 2 is 2.31 bits per heavy atom. The molecule has 13 heavy (non-hydrogen) atoms. The van der Waals surface area contributed by atoms with Gasteiger partial charge in [-0.2, -0.15) is 0 Å². The van der Waals surface area contributed by atoms with Crippen LogP contribution in [0.1, 0.15) is 19.8 Å². The normalized spacial score (nSPS) is 31.1. The molecule has 1 aliphatic carbocycles. The Hall–Kier alpha value is -1.10. The van der Waals surface area contributed by atoms with Gasteiger partial charge in [-0.15, -0.1) is 0 Å². The van der Waals surface area contributed by atoms with Crippen LogP contribution in [0.5, 0.6) is 0 Å². The SMILES string of the molecule is CC[C@@H]1C[C@]1(OC(=O)CN)C(=O)O. The van der Waals surface area contributed by atoms with Gasteiger partial charge in [0.2, 0.25) is 5.60 Å². The monoisotopic (exact) mass is 187 g/mol. The lowest BCUT2D eigenvalue weighted by Crippen LogP contribution is -2.33. The van der Waals surface area contributed by atoms with Crippen LogP contribution in [0.2, 0.25) is 0 Å². The molecule has 1 aliphatic rings. The van der Waals surface area contributed by atoms with E-state index < -0.39 is 17.5 Å². The summed E-state index contributed by atoms with van der Waals surface area (Å²) < 4.78 is 4.80. The Balaban J connectivity index is 2.62. The van der Waals surface area contributed by atoms with E-state index >= 15 is 0 Å². The van der Waals surface area contributed by atoms with Crippen LogP contribution in [0.15, 0.2) is 0 Å². The molecule has 0 bridgehead atoms. The fraction of sp³-hybridized carbons (Fsp3) is 0.750. The highest BCUT2D eigenvalue weighted by Gasteiger charge is 2.63. The van der Waals surface area contributed by atoms with E-state index in [9.17, 15) is 9.59 Å². The molecule has 1 fully saturated rings. The lowest BCUT2D eigenvalue weighted by atomic mass is 10.2. The zero-order chi connectivity index (χ0) is 10.1. The van der Waals surface area contributed by atoms with Gasteiger partial charge in [-0.3, -0.25) is 4.79 Å². The average Bonchev–Trinajstić information content (AvgIpc) is 2.80. The minimum absolute atomic E-state index is 0.0551. The van der Waals surface area contributed by atoms with Gasteiger partial charge in [0.25, 0.3) is 0 Å². The highest BCUT2D eigenvalue weighted by atomic mass is 16.6. The van der Waals surface area contributed by atoms with E-state index in [1.807, 2.05) is 6.92 Å². The minimum atomic E-state index is -1.27. The molecule has 74 valence electrons. The van der Waals surface area contributed by atoms with Gasteiger partial charge in [-0.25, -0.2) is 4.79 Å². The zero-order valence-corrected chi connectivity index (χ0v) is 7.45. The van der Waals surface area contributed by atoms with Crippen molar-refractivity contribution in [3.05, 3.63) is 0 Å². The molecule has 0 radical (unpaired) electrons. The molecule has 0 aromatic heterocycles. The van der Waals surface area contributed by atoms with Crippen molar-refractivity contribution in [3.8, 4) is 0 Å². The number of aliphatic carboxylic acids is 1. The molecular weight excluding hydrogens is 174 g/mol. The number of nitrogens with two attached hydrogens (primary N) is 1. The molecule has 0 unspecified atom stereocenters. The summed E-state index contributed by atoms with van der Waals surface area (Å²) in [5.41, 5.74) is 3.75. The second-order valence-corrected chi connectivity index (χ2v) is 3.18. The van der Waals surface area contributed by atoms with E-state index in [0.717, 1.165) is 0 Å². The first-order chi connectivity index (χ1) is 6.06. The Bertz CT molecular complexity index is 240. The van der Waals surface area contributed by atoms with Crippen molar-refractivity contribution in [1.29, 1.82) is 0 Å². The van der Waals surface area contributed by atoms with E-state index in [0.29, 0.717) is 12.8 Å². The molecule has 5 nitrogen and oxygen atoms in total. The fourth-order valence-corrected chi connectivity index (χ4v) is 1.46. The maximum absolute atomic E-state index is 10.8. The standard InChI is InChI=1S/C8H13NO4/c1-2-5-3-8(5,7(11)12)13-6(10)4-9/h5H,2-4,9H2,1H3,(H,11,12)/t5-,8-/m1/s1. The summed E-state index contributed by atoms with van der Waals surface area (Å²) >= 11 is 0. The third-order valence-electron chi connectivity index (χ3n) is 2.37. The second-order valence-electron chi connectivity index (χ2n) is 3.18. The van der Waals surface area contributed by atoms with Crippen molar-refractivity contribution in [2.75, 3.05) is 6.54 Å². The predicted octanol–water partition coefficient (Wildman–Crippen LogP) is -0.258. The summed E-state index contributed by atoms with van der Waals surface area (Å²) in [6.07, 6.45) is 1.11. The molecule has 5 heteroatoms. The topological polar surface area (TPSA) is 89.6 Å². The molecule has 0 amide bonds. The van der Waals surface area contributed by atoms with Gasteiger partial charge < -0.3 is 15.6 Å². The first kappa shape index (κ1) is 9.98. The summed E-state index contributed by atoms with van der Waals surface area (Å²) in [6.45, 7) is 1.59. The number of hydrogen-bond donors (Lipinski definition) is 2. The number of carboxylic acids is 1. The number of hydrogen-bond acceptors (Lipinski definition) is 4. The third kappa shape index (κ3) is 1.65. The lowest BCUT2D eigenvalue weighted by Gasteiger charge is -2.12. The molecule has 3 N–H and O–H groups in total. The Morgan fingerprint density at radius 1 is 1.69 bits per heavy atom. The van der Waals surface area contributed by atoms with Gasteiger partial charge in [0.15, 0.2) is 0 Å². The van der Waals surface area contributed by atoms with E-state index in [1.165, 1.54) is 0 Å². The van der Waals surface area contributed by atoms with Crippen molar-refractivity contribution >= 4 is 11.9 Å². The number of carbonyl (C=O) groups excluding carboxylic acids is 1. The van der Waals surface area contributed by atoms with Crippen molar-refractivity contribution in [3.63, 3.8) is 0 Å². The molecule has 0 aromatic carbocycles. The van der Waals surface area contributed by atoms with Crippen LogP contribution in [0.3, 0.4) is 0 Å². The summed E-state index contributed by atoms with van der Waals surface area (Å²) in [5.74, 6) is -1.78. The second kappa shape index (κ2) is 3.33. The maximum atomic E-state index is 10.8. The summed E-state index contributed by atoms with van der Waals surface area (Å²) in [7, 11) is 0. The van der Waals surface area contributed by atoms with Crippen molar-refractivity contribution in [2.24, 2.45) is 11.7 Å². The smallest absolute Gasteiger partial charge is 0.348 e. The molecular formula is C8H13NO4. The Kier molecular flexibility index (Phi) is 2.56. The quantitative estimate of drug-likeness (QED) is 0.592. The number of rotatable bonds is 4. The number of ether oxygens (including phenoxy) is 1. The molecule has 0 saturated heterocycles. The van der Waals surface area contributed by atoms with Crippen molar-refractivity contribution in [2.45, 2.75) is 25.4 Å². The highest BCUT2D eigenvalue weighted by molar-refractivity contribution is 5.86. The molecule has 0 spiro atoms.